The lowest BCUT2D eigenvalue weighted by atomic mass is 9.70. The Kier molecular flexibility index (Phi) is 11.0. The highest BCUT2D eigenvalue weighted by Gasteiger charge is 2.34. The van der Waals surface area contributed by atoms with Gasteiger partial charge in [-0.3, -0.25) is 4.79 Å². The largest absolute Gasteiger partial charge is 0.426 e. The van der Waals surface area contributed by atoms with Crippen molar-refractivity contribution in [3.05, 3.63) is 29.3 Å². The van der Waals surface area contributed by atoms with E-state index in [0.717, 1.165) is 69.1 Å². The number of esters is 1. The molecule has 0 heterocycles. The molecule has 3 aliphatic rings. The van der Waals surface area contributed by atoms with E-state index in [1.54, 1.807) is 0 Å². The number of rotatable bonds is 10. The van der Waals surface area contributed by atoms with E-state index in [0.29, 0.717) is 17.9 Å². The molecule has 0 spiro atoms. The van der Waals surface area contributed by atoms with Crippen molar-refractivity contribution in [1.82, 2.24) is 0 Å². The Morgan fingerprint density at radius 3 is 2.03 bits per heavy atom. The Bertz CT molecular complexity index is 914. The van der Waals surface area contributed by atoms with Crippen LogP contribution in [-0.2, 0) is 9.53 Å². The molecule has 3 saturated carbocycles. The number of benzene rings is 1. The Morgan fingerprint density at radius 2 is 1.45 bits per heavy atom. The van der Waals surface area contributed by atoms with Gasteiger partial charge >= 0.3 is 5.97 Å². The van der Waals surface area contributed by atoms with Crippen molar-refractivity contribution in [2.24, 2.45) is 29.6 Å². The number of carbonyl (C=O) groups excluding carboxylic acids is 1. The van der Waals surface area contributed by atoms with E-state index in [1.165, 1.54) is 70.3 Å². The van der Waals surface area contributed by atoms with Crippen molar-refractivity contribution >= 4 is 5.97 Å². The van der Waals surface area contributed by atoms with Gasteiger partial charge in [-0.25, -0.2) is 8.78 Å². The van der Waals surface area contributed by atoms with Crippen molar-refractivity contribution in [3.63, 3.8) is 0 Å². The molecule has 3 fully saturated rings. The molecule has 0 amide bonds. The molecule has 0 aromatic heterocycles. The van der Waals surface area contributed by atoms with Gasteiger partial charge in [0.1, 0.15) is 29.0 Å². The second-order valence-electron chi connectivity index (χ2n) is 12.2. The van der Waals surface area contributed by atoms with Crippen LogP contribution < -0.4 is 4.74 Å². The molecule has 1 aromatic rings. The average Bonchev–Trinajstić information content (AvgIpc) is 2.93. The van der Waals surface area contributed by atoms with Crippen molar-refractivity contribution in [1.29, 1.82) is 5.26 Å². The molecule has 0 atom stereocenters. The molecule has 4 rings (SSSR count). The van der Waals surface area contributed by atoms with Gasteiger partial charge in [0, 0.05) is 18.7 Å². The van der Waals surface area contributed by atoms with E-state index in [1.807, 2.05) is 0 Å². The summed E-state index contributed by atoms with van der Waals surface area (Å²) in [5, 5.41) is 8.79. The summed E-state index contributed by atoms with van der Waals surface area (Å²) in [7, 11) is 0. The third kappa shape index (κ3) is 8.01. The molecule has 0 unspecified atom stereocenters. The maximum absolute atomic E-state index is 13.8. The summed E-state index contributed by atoms with van der Waals surface area (Å²) in [4.78, 5) is 12.6. The van der Waals surface area contributed by atoms with Gasteiger partial charge in [-0.05, 0) is 87.9 Å². The normalized spacial score (nSPS) is 29.9. The first-order valence-corrected chi connectivity index (χ1v) is 15.2. The predicted molar refractivity (Wildman–Crippen MR) is 143 cm³/mol. The minimum atomic E-state index is -1.01. The number of ether oxygens (including phenoxy) is 2. The zero-order valence-electron chi connectivity index (χ0n) is 23.1. The summed E-state index contributed by atoms with van der Waals surface area (Å²) in [5.74, 6) is 0.167. The number of nitriles is 1. The summed E-state index contributed by atoms with van der Waals surface area (Å²) < 4.78 is 39.3. The zero-order valence-corrected chi connectivity index (χ0v) is 23.1. The van der Waals surface area contributed by atoms with Crippen LogP contribution in [0, 0.1) is 52.6 Å². The second kappa shape index (κ2) is 14.4. The van der Waals surface area contributed by atoms with Crippen molar-refractivity contribution < 1.29 is 23.0 Å². The van der Waals surface area contributed by atoms with Crippen molar-refractivity contribution in [3.8, 4) is 11.8 Å². The van der Waals surface area contributed by atoms with Crippen LogP contribution in [0.5, 0.6) is 5.75 Å². The molecule has 0 bridgehead atoms. The van der Waals surface area contributed by atoms with Gasteiger partial charge < -0.3 is 9.47 Å². The second-order valence-corrected chi connectivity index (χ2v) is 12.2. The maximum Gasteiger partial charge on any atom is 0.314 e. The first-order chi connectivity index (χ1) is 18.5. The number of carbonyl (C=O) groups is 1. The minimum Gasteiger partial charge on any atom is -0.426 e. The Morgan fingerprint density at radius 1 is 0.868 bits per heavy atom. The minimum absolute atomic E-state index is 0.176. The molecule has 3 aliphatic carbocycles. The quantitative estimate of drug-likeness (QED) is 0.173. The van der Waals surface area contributed by atoms with Crippen LogP contribution in [0.25, 0.3) is 0 Å². The van der Waals surface area contributed by atoms with Gasteiger partial charge in [-0.15, -0.1) is 0 Å². The first kappa shape index (κ1) is 29.0. The van der Waals surface area contributed by atoms with Gasteiger partial charge in [-0.2, -0.15) is 5.26 Å². The van der Waals surface area contributed by atoms with E-state index >= 15 is 0 Å². The summed E-state index contributed by atoms with van der Waals surface area (Å²) in [5.41, 5.74) is -0.661. The molecular weight excluding hydrogens is 484 g/mol. The van der Waals surface area contributed by atoms with Crippen LogP contribution in [0.4, 0.5) is 8.78 Å². The van der Waals surface area contributed by atoms with Gasteiger partial charge in [0.25, 0.3) is 0 Å². The smallest absolute Gasteiger partial charge is 0.314 e. The van der Waals surface area contributed by atoms with E-state index in [-0.39, 0.29) is 11.7 Å². The lowest BCUT2D eigenvalue weighted by Crippen LogP contribution is -2.32. The lowest BCUT2D eigenvalue weighted by Gasteiger charge is -2.37. The molecule has 6 heteroatoms. The van der Waals surface area contributed by atoms with Gasteiger partial charge in [-0.1, -0.05) is 45.4 Å². The van der Waals surface area contributed by atoms with Gasteiger partial charge in [0.15, 0.2) is 0 Å². The van der Waals surface area contributed by atoms with E-state index in [4.69, 9.17) is 14.7 Å². The SMILES string of the molecule is CCCCCC1CCC(COC2CCC(C3CCC(C(=O)Oc4cc(F)c(C#N)c(F)c4)CC3)CC2)CC1. The van der Waals surface area contributed by atoms with Crippen LogP contribution in [0.3, 0.4) is 0 Å². The van der Waals surface area contributed by atoms with E-state index in [9.17, 15) is 13.6 Å². The molecule has 210 valence electrons. The monoisotopic (exact) mass is 529 g/mol. The highest BCUT2D eigenvalue weighted by atomic mass is 19.1. The Balaban J connectivity index is 1.11. The summed E-state index contributed by atoms with van der Waals surface area (Å²) in [6.45, 7) is 3.22. The van der Waals surface area contributed by atoms with Crippen LogP contribution in [0.2, 0.25) is 0 Å². The molecule has 0 N–H and O–H groups in total. The fourth-order valence-corrected chi connectivity index (χ4v) is 7.11. The number of hydrogen-bond acceptors (Lipinski definition) is 4. The highest BCUT2D eigenvalue weighted by Crippen LogP contribution is 2.41. The highest BCUT2D eigenvalue weighted by molar-refractivity contribution is 5.75. The Hall–Kier alpha value is -2.00. The van der Waals surface area contributed by atoms with E-state index in [2.05, 4.69) is 6.92 Å². The summed E-state index contributed by atoms with van der Waals surface area (Å²) >= 11 is 0. The van der Waals surface area contributed by atoms with Crippen molar-refractivity contribution in [2.45, 2.75) is 116 Å². The molecule has 4 nitrogen and oxygen atoms in total. The molecule has 0 radical (unpaired) electrons. The van der Waals surface area contributed by atoms with Crippen LogP contribution in [0.1, 0.15) is 115 Å². The molecule has 38 heavy (non-hydrogen) atoms. The lowest BCUT2D eigenvalue weighted by molar-refractivity contribution is -0.140. The molecular formula is C32H45F2NO3. The summed E-state index contributed by atoms with van der Waals surface area (Å²) in [6, 6.07) is 3.29. The van der Waals surface area contributed by atoms with Crippen LogP contribution >= 0.6 is 0 Å². The van der Waals surface area contributed by atoms with Gasteiger partial charge in [0.05, 0.1) is 12.0 Å². The third-order valence-corrected chi connectivity index (χ3v) is 9.59. The number of halogens is 2. The van der Waals surface area contributed by atoms with E-state index < -0.39 is 23.2 Å². The van der Waals surface area contributed by atoms with Crippen LogP contribution in [0.15, 0.2) is 12.1 Å². The number of nitrogens with zero attached hydrogens (tertiary/aromatic N) is 1. The van der Waals surface area contributed by atoms with Crippen LogP contribution in [-0.4, -0.2) is 18.7 Å². The fourth-order valence-electron chi connectivity index (χ4n) is 7.11. The van der Waals surface area contributed by atoms with Crippen molar-refractivity contribution in [2.75, 3.05) is 6.61 Å². The topological polar surface area (TPSA) is 59.3 Å². The first-order valence-electron chi connectivity index (χ1n) is 15.2. The maximum atomic E-state index is 13.8. The zero-order chi connectivity index (χ0) is 26.9. The Labute approximate surface area is 227 Å². The summed E-state index contributed by atoms with van der Waals surface area (Å²) in [6.07, 6.45) is 19.6. The third-order valence-electron chi connectivity index (χ3n) is 9.59. The molecule has 0 aliphatic heterocycles. The average molecular weight is 530 g/mol. The molecule has 0 saturated heterocycles. The number of unbranched alkanes of at least 4 members (excludes halogenated alkanes) is 2. The molecule has 1 aromatic carbocycles. The standard InChI is InChI=1S/C32H45F2NO3/c1-2-3-4-5-22-6-8-23(9-7-22)21-37-27-16-14-25(15-17-27)24-10-12-26(13-11-24)32(36)38-28-18-30(33)29(20-35)31(34)19-28/h18-19,22-27H,2-17,21H2,1H3. The predicted octanol–water partition coefficient (Wildman–Crippen LogP) is 8.51. The van der Waals surface area contributed by atoms with Gasteiger partial charge in [0.2, 0.25) is 0 Å². The fraction of sp³-hybridized carbons (Fsp3) is 0.750. The number of hydrogen-bond donors (Lipinski definition) is 0.